The first-order valence-corrected chi connectivity index (χ1v) is 10.8. The van der Waals surface area contributed by atoms with Gasteiger partial charge in [0, 0.05) is 24.9 Å². The number of aliphatic carboxylic acids is 1. The summed E-state index contributed by atoms with van der Waals surface area (Å²) in [5.74, 6) is -1.68. The van der Waals surface area contributed by atoms with E-state index in [1.807, 2.05) is 13.8 Å². The lowest BCUT2D eigenvalue weighted by Crippen LogP contribution is -2.50. The van der Waals surface area contributed by atoms with E-state index in [4.69, 9.17) is 5.11 Å². The predicted octanol–water partition coefficient (Wildman–Crippen LogP) is -0.0292. The Kier molecular flexibility index (Phi) is 9.25. The van der Waals surface area contributed by atoms with Gasteiger partial charge in [0.25, 0.3) is 5.91 Å². The molecule has 3 amide bonds. The predicted molar refractivity (Wildman–Crippen MR) is 117 cm³/mol. The highest BCUT2D eigenvalue weighted by Gasteiger charge is 2.22. The first kappa shape index (κ1) is 24.1. The molecule has 1 unspecified atom stereocenters. The van der Waals surface area contributed by atoms with Crippen molar-refractivity contribution in [3.8, 4) is 0 Å². The van der Waals surface area contributed by atoms with Crippen molar-refractivity contribution in [3.63, 3.8) is 0 Å². The molecule has 0 bridgehead atoms. The molecule has 2 heterocycles. The highest BCUT2D eigenvalue weighted by Crippen LogP contribution is 2.20. The number of carbonyl (C=O) groups is 4. The summed E-state index contributed by atoms with van der Waals surface area (Å²) in [5.41, 5.74) is 0.385. The van der Waals surface area contributed by atoms with Crippen LogP contribution in [0.5, 0.6) is 0 Å². The number of amides is 3. The highest BCUT2D eigenvalue weighted by atomic mass is 32.1. The van der Waals surface area contributed by atoms with Crippen LogP contribution in [0, 0.1) is 5.92 Å². The highest BCUT2D eigenvalue weighted by molar-refractivity contribution is 7.14. The standard InChI is InChI=1S/C19H28N6O5S/c1-11(2)8-22-18(30)13(3-4-16(27)28)24-14(26)9-23-17(29)12-7-15(31-10-12)25-19-20-5-6-21-19/h7,10-11,13H,3-6,8-9H2,1-2H3,(H,22,30)(H,23,29)(H,24,26)(H,27,28)(H2,20,21,25). The minimum atomic E-state index is -1.06. The second-order valence-electron chi connectivity index (χ2n) is 7.36. The Morgan fingerprint density at radius 3 is 2.68 bits per heavy atom. The Morgan fingerprint density at radius 2 is 2.03 bits per heavy atom. The van der Waals surface area contributed by atoms with E-state index < -0.39 is 29.7 Å². The molecule has 0 saturated carbocycles. The molecule has 1 aromatic rings. The van der Waals surface area contributed by atoms with E-state index in [0.29, 0.717) is 24.6 Å². The number of rotatable bonds is 11. The average molecular weight is 453 g/mol. The van der Waals surface area contributed by atoms with Gasteiger partial charge in [-0.15, -0.1) is 11.3 Å². The number of guanidine groups is 1. The third kappa shape index (κ3) is 8.62. The van der Waals surface area contributed by atoms with E-state index in [1.165, 1.54) is 11.3 Å². The second kappa shape index (κ2) is 11.9. The third-order valence-electron chi connectivity index (χ3n) is 4.17. The molecule has 1 aliphatic heterocycles. The molecule has 0 radical (unpaired) electrons. The Hall–Kier alpha value is -3.15. The molecule has 0 fully saturated rings. The lowest BCUT2D eigenvalue weighted by molar-refractivity contribution is -0.137. The second-order valence-corrected chi connectivity index (χ2v) is 8.27. The lowest BCUT2D eigenvalue weighted by atomic mass is 10.1. The quantitative estimate of drug-likeness (QED) is 0.275. The van der Waals surface area contributed by atoms with E-state index in [2.05, 4.69) is 31.6 Å². The first-order valence-electron chi connectivity index (χ1n) is 9.95. The molecule has 11 nitrogen and oxygen atoms in total. The number of hydrogen-bond acceptors (Lipinski definition) is 8. The first-order chi connectivity index (χ1) is 14.7. The van der Waals surface area contributed by atoms with Crippen molar-refractivity contribution in [2.24, 2.45) is 10.9 Å². The molecule has 170 valence electrons. The summed E-state index contributed by atoms with van der Waals surface area (Å²) in [4.78, 5) is 51.9. The molecular weight excluding hydrogens is 424 g/mol. The molecule has 0 aromatic carbocycles. The van der Waals surface area contributed by atoms with Crippen LogP contribution in [-0.4, -0.2) is 67.0 Å². The zero-order valence-electron chi connectivity index (χ0n) is 17.5. The van der Waals surface area contributed by atoms with E-state index in [0.717, 1.165) is 11.5 Å². The van der Waals surface area contributed by atoms with Gasteiger partial charge in [0.1, 0.15) is 6.04 Å². The van der Waals surface area contributed by atoms with Gasteiger partial charge in [-0.25, -0.2) is 0 Å². The number of hydrogen-bond donors (Lipinski definition) is 6. The van der Waals surface area contributed by atoms with Crippen molar-refractivity contribution in [1.82, 2.24) is 21.3 Å². The molecule has 1 aliphatic rings. The summed E-state index contributed by atoms with van der Waals surface area (Å²) in [7, 11) is 0. The van der Waals surface area contributed by atoms with Crippen LogP contribution in [0.3, 0.4) is 0 Å². The van der Waals surface area contributed by atoms with Gasteiger partial charge in [-0.1, -0.05) is 13.8 Å². The van der Waals surface area contributed by atoms with Gasteiger partial charge in [-0.05, 0) is 18.4 Å². The van der Waals surface area contributed by atoms with Crippen LogP contribution >= 0.6 is 11.3 Å². The normalized spacial score (nSPS) is 13.7. The number of aliphatic imine (C=N–C) groups is 1. The fourth-order valence-electron chi connectivity index (χ4n) is 2.59. The molecule has 2 rings (SSSR count). The van der Waals surface area contributed by atoms with Crippen LogP contribution in [0.1, 0.15) is 37.0 Å². The Morgan fingerprint density at radius 1 is 1.26 bits per heavy atom. The molecule has 1 atom stereocenters. The lowest BCUT2D eigenvalue weighted by Gasteiger charge is -2.18. The summed E-state index contributed by atoms with van der Waals surface area (Å²) in [6.45, 7) is 5.37. The van der Waals surface area contributed by atoms with Crippen LogP contribution in [0.2, 0.25) is 0 Å². The van der Waals surface area contributed by atoms with Crippen LogP contribution in [0.4, 0.5) is 5.00 Å². The van der Waals surface area contributed by atoms with Crippen molar-refractivity contribution in [1.29, 1.82) is 0 Å². The number of carboxylic acid groups (broad SMARTS) is 1. The summed E-state index contributed by atoms with van der Waals surface area (Å²) >= 11 is 1.33. The Bertz CT molecular complexity index is 838. The van der Waals surface area contributed by atoms with E-state index in [-0.39, 0.29) is 25.3 Å². The van der Waals surface area contributed by atoms with Crippen molar-refractivity contribution >= 4 is 46.0 Å². The van der Waals surface area contributed by atoms with Crippen molar-refractivity contribution < 1.29 is 24.3 Å². The van der Waals surface area contributed by atoms with Crippen LogP contribution in [-0.2, 0) is 14.4 Å². The van der Waals surface area contributed by atoms with Gasteiger partial charge in [0.2, 0.25) is 11.8 Å². The van der Waals surface area contributed by atoms with E-state index in [1.54, 1.807) is 11.4 Å². The molecule has 1 aromatic heterocycles. The Labute approximate surface area is 184 Å². The zero-order valence-corrected chi connectivity index (χ0v) is 18.3. The van der Waals surface area contributed by atoms with Crippen molar-refractivity contribution in [2.75, 3.05) is 31.5 Å². The summed E-state index contributed by atoms with van der Waals surface area (Å²) < 4.78 is 0. The van der Waals surface area contributed by atoms with Crippen molar-refractivity contribution in [2.45, 2.75) is 32.7 Å². The average Bonchev–Trinajstić information content (AvgIpc) is 3.39. The smallest absolute Gasteiger partial charge is 0.303 e. The maximum Gasteiger partial charge on any atom is 0.303 e. The summed E-state index contributed by atoms with van der Waals surface area (Å²) in [5, 5.41) is 25.1. The van der Waals surface area contributed by atoms with Crippen LogP contribution < -0.4 is 26.6 Å². The molecule has 12 heteroatoms. The molecule has 6 N–H and O–H groups in total. The number of nitrogens with zero attached hydrogens (tertiary/aromatic N) is 1. The monoisotopic (exact) mass is 452 g/mol. The maximum absolute atomic E-state index is 12.3. The fraction of sp³-hybridized carbons (Fsp3) is 0.526. The topological polar surface area (TPSA) is 161 Å². The van der Waals surface area contributed by atoms with Crippen LogP contribution in [0.15, 0.2) is 16.4 Å². The number of carboxylic acids is 1. The van der Waals surface area contributed by atoms with Gasteiger partial charge in [0.05, 0.1) is 23.7 Å². The number of carbonyl (C=O) groups excluding carboxylic acids is 3. The van der Waals surface area contributed by atoms with E-state index >= 15 is 0 Å². The molecule has 0 aliphatic carbocycles. The fourth-order valence-corrected chi connectivity index (χ4v) is 3.37. The number of anilines is 1. The minimum Gasteiger partial charge on any atom is -0.481 e. The van der Waals surface area contributed by atoms with Gasteiger partial charge < -0.3 is 31.7 Å². The minimum absolute atomic E-state index is 0.0452. The molecule has 31 heavy (non-hydrogen) atoms. The van der Waals surface area contributed by atoms with E-state index in [9.17, 15) is 19.2 Å². The number of thiophene rings is 1. The molecule has 0 saturated heterocycles. The van der Waals surface area contributed by atoms with Gasteiger partial charge in [-0.3, -0.25) is 24.2 Å². The van der Waals surface area contributed by atoms with Gasteiger partial charge >= 0.3 is 5.97 Å². The molecule has 0 spiro atoms. The Balaban J connectivity index is 1.84. The van der Waals surface area contributed by atoms with Gasteiger partial charge in [-0.2, -0.15) is 0 Å². The third-order valence-corrected chi connectivity index (χ3v) is 5.02. The zero-order chi connectivity index (χ0) is 22.8. The summed E-state index contributed by atoms with van der Waals surface area (Å²) in [6, 6.07) is 0.658. The number of nitrogens with one attached hydrogen (secondary N) is 5. The SMILES string of the molecule is CC(C)CNC(=O)C(CCC(=O)O)NC(=O)CNC(=O)c1csc(NC2=NCCN2)c1. The van der Waals surface area contributed by atoms with Crippen molar-refractivity contribution in [3.05, 3.63) is 17.0 Å². The molecular formula is C19H28N6O5S. The van der Waals surface area contributed by atoms with Crippen LogP contribution in [0.25, 0.3) is 0 Å². The largest absolute Gasteiger partial charge is 0.481 e. The summed E-state index contributed by atoms with van der Waals surface area (Å²) in [6.07, 6.45) is -0.312. The van der Waals surface area contributed by atoms with Gasteiger partial charge in [0.15, 0.2) is 5.96 Å². The maximum atomic E-state index is 12.3.